The van der Waals surface area contributed by atoms with Crippen LogP contribution >= 0.6 is 0 Å². The number of nitrogens with zero attached hydrogens (tertiary/aromatic N) is 2. The summed E-state index contributed by atoms with van der Waals surface area (Å²) >= 11 is 0. The molecule has 0 aliphatic heterocycles. The van der Waals surface area contributed by atoms with E-state index in [1.807, 2.05) is 13.8 Å². The molecule has 0 atom stereocenters. The second-order valence-corrected chi connectivity index (χ2v) is 6.17. The molecule has 0 saturated carbocycles. The van der Waals surface area contributed by atoms with Crippen molar-refractivity contribution >= 4 is 17.7 Å². The summed E-state index contributed by atoms with van der Waals surface area (Å²) in [6.07, 6.45) is 1.55. The Morgan fingerprint density at radius 3 is 2.00 bits per heavy atom. The molecule has 0 fully saturated rings. The van der Waals surface area contributed by atoms with Crippen LogP contribution in [-0.4, -0.2) is 27.0 Å². The quantitative estimate of drug-likeness (QED) is 0.874. The molecule has 1 aromatic heterocycles. The molecule has 0 radical (unpaired) electrons. The molecule has 0 aliphatic rings. The van der Waals surface area contributed by atoms with Gasteiger partial charge in [-0.2, -0.15) is 0 Å². The Labute approximate surface area is 141 Å². The lowest BCUT2D eigenvalue weighted by Crippen LogP contribution is -2.15. The van der Waals surface area contributed by atoms with Gasteiger partial charge >= 0.3 is 5.97 Å². The van der Waals surface area contributed by atoms with Gasteiger partial charge in [-0.05, 0) is 36.1 Å². The van der Waals surface area contributed by atoms with E-state index in [1.165, 1.54) is 24.3 Å². The molecule has 2 rings (SSSR count). The Morgan fingerprint density at radius 2 is 1.50 bits per heavy atom. The van der Waals surface area contributed by atoms with Crippen LogP contribution < -0.4 is 5.32 Å². The highest BCUT2D eigenvalue weighted by Gasteiger charge is 2.15. The number of carboxylic acid groups (broad SMARTS) is 1. The average Bonchev–Trinajstić information content (AvgIpc) is 2.54. The topological polar surface area (TPSA) is 92.2 Å². The van der Waals surface area contributed by atoms with Crippen LogP contribution in [0, 0.1) is 0 Å². The van der Waals surface area contributed by atoms with Gasteiger partial charge in [0.15, 0.2) is 5.82 Å². The summed E-state index contributed by atoms with van der Waals surface area (Å²) in [6.45, 7) is 8.18. The van der Waals surface area contributed by atoms with Crippen molar-refractivity contribution in [3.8, 4) is 0 Å². The number of carbonyl (C=O) groups is 2. The fraction of sp³-hybridized carbons (Fsp3) is 0.333. The fourth-order valence-electron chi connectivity index (χ4n) is 2.30. The third kappa shape index (κ3) is 3.95. The average molecular weight is 327 g/mol. The lowest BCUT2D eigenvalue weighted by Gasteiger charge is -2.15. The zero-order valence-electron chi connectivity index (χ0n) is 14.2. The van der Waals surface area contributed by atoms with Crippen molar-refractivity contribution in [2.75, 3.05) is 5.32 Å². The Kier molecular flexibility index (Phi) is 5.28. The van der Waals surface area contributed by atoms with Gasteiger partial charge in [0.1, 0.15) is 0 Å². The number of nitrogens with one attached hydrogen (secondary N) is 1. The number of anilines is 1. The van der Waals surface area contributed by atoms with Crippen molar-refractivity contribution in [3.63, 3.8) is 0 Å². The zero-order valence-corrected chi connectivity index (χ0v) is 14.2. The number of hydrogen-bond acceptors (Lipinski definition) is 4. The highest BCUT2D eigenvalue weighted by molar-refractivity contribution is 6.04. The second-order valence-electron chi connectivity index (χ2n) is 6.17. The van der Waals surface area contributed by atoms with Gasteiger partial charge in [0.25, 0.3) is 5.91 Å². The van der Waals surface area contributed by atoms with Crippen molar-refractivity contribution in [1.29, 1.82) is 0 Å². The van der Waals surface area contributed by atoms with Gasteiger partial charge in [-0.15, -0.1) is 0 Å². The number of carbonyl (C=O) groups excluding carboxylic acids is 1. The molecule has 126 valence electrons. The summed E-state index contributed by atoms with van der Waals surface area (Å²) in [7, 11) is 0. The molecule has 6 heteroatoms. The predicted octanol–water partition coefficient (Wildman–Crippen LogP) is 3.67. The monoisotopic (exact) mass is 327 g/mol. The molecule has 6 nitrogen and oxygen atoms in total. The molecule has 1 amide bonds. The third-order valence-corrected chi connectivity index (χ3v) is 3.56. The number of hydrogen-bond donors (Lipinski definition) is 2. The molecule has 0 aliphatic carbocycles. The Morgan fingerprint density at radius 1 is 0.958 bits per heavy atom. The molecule has 0 spiro atoms. The van der Waals surface area contributed by atoms with Crippen LogP contribution in [0.1, 0.15) is 71.6 Å². The van der Waals surface area contributed by atoms with E-state index in [9.17, 15) is 9.59 Å². The third-order valence-electron chi connectivity index (χ3n) is 3.56. The molecule has 24 heavy (non-hydrogen) atoms. The molecular weight excluding hydrogens is 306 g/mol. The molecule has 0 bridgehead atoms. The highest BCUT2D eigenvalue weighted by atomic mass is 16.4. The Balaban J connectivity index is 2.22. The van der Waals surface area contributed by atoms with Crippen LogP contribution in [0.15, 0.2) is 30.5 Å². The van der Waals surface area contributed by atoms with Crippen LogP contribution in [0.25, 0.3) is 0 Å². The number of aromatic carboxylic acids is 1. The predicted molar refractivity (Wildman–Crippen MR) is 91.6 cm³/mol. The fourth-order valence-corrected chi connectivity index (χ4v) is 2.30. The Hall–Kier alpha value is -2.76. The molecule has 1 aromatic carbocycles. The van der Waals surface area contributed by atoms with Crippen molar-refractivity contribution in [2.24, 2.45) is 0 Å². The largest absolute Gasteiger partial charge is 0.478 e. The van der Waals surface area contributed by atoms with E-state index in [0.717, 1.165) is 11.4 Å². The van der Waals surface area contributed by atoms with E-state index < -0.39 is 5.97 Å². The van der Waals surface area contributed by atoms with Gasteiger partial charge in [-0.3, -0.25) is 9.78 Å². The SMILES string of the molecule is CC(C)c1ncc(NC(=O)c2ccc(C(=O)O)cc2)nc1C(C)C. The minimum absolute atomic E-state index is 0.134. The molecule has 2 N–H and O–H groups in total. The number of rotatable bonds is 5. The van der Waals surface area contributed by atoms with Crippen LogP contribution in [0.5, 0.6) is 0 Å². The Bertz CT molecular complexity index is 753. The molecular formula is C18H21N3O3. The summed E-state index contributed by atoms with van der Waals surface area (Å²) in [5, 5.41) is 11.6. The summed E-state index contributed by atoms with van der Waals surface area (Å²) in [4.78, 5) is 32.1. The van der Waals surface area contributed by atoms with Gasteiger partial charge in [-0.1, -0.05) is 27.7 Å². The minimum atomic E-state index is -1.03. The molecule has 0 unspecified atom stereocenters. The van der Waals surface area contributed by atoms with Gasteiger partial charge in [-0.25, -0.2) is 9.78 Å². The maximum atomic E-state index is 12.3. The summed E-state index contributed by atoms with van der Waals surface area (Å²) in [5.74, 6) is -0.549. The lowest BCUT2D eigenvalue weighted by atomic mass is 10.0. The first-order valence-electron chi connectivity index (χ1n) is 7.81. The summed E-state index contributed by atoms with van der Waals surface area (Å²) in [5.41, 5.74) is 2.29. The summed E-state index contributed by atoms with van der Waals surface area (Å²) < 4.78 is 0. The van der Waals surface area contributed by atoms with Crippen molar-refractivity contribution in [3.05, 3.63) is 53.0 Å². The molecule has 2 aromatic rings. The first-order valence-corrected chi connectivity index (χ1v) is 7.81. The van der Waals surface area contributed by atoms with Gasteiger partial charge in [0.05, 0.1) is 23.1 Å². The van der Waals surface area contributed by atoms with Crippen LogP contribution in [0.3, 0.4) is 0 Å². The molecule has 0 saturated heterocycles. The van der Waals surface area contributed by atoms with E-state index in [2.05, 4.69) is 29.1 Å². The van der Waals surface area contributed by atoms with Crippen LogP contribution in [0.4, 0.5) is 5.82 Å². The van der Waals surface area contributed by atoms with E-state index in [0.29, 0.717) is 11.4 Å². The van der Waals surface area contributed by atoms with E-state index >= 15 is 0 Å². The second kappa shape index (κ2) is 7.21. The zero-order chi connectivity index (χ0) is 17.9. The van der Waals surface area contributed by atoms with E-state index in [-0.39, 0.29) is 23.3 Å². The van der Waals surface area contributed by atoms with Crippen molar-refractivity contribution in [1.82, 2.24) is 9.97 Å². The first kappa shape index (κ1) is 17.6. The number of benzene rings is 1. The molecule has 1 heterocycles. The van der Waals surface area contributed by atoms with Crippen molar-refractivity contribution < 1.29 is 14.7 Å². The normalized spacial score (nSPS) is 10.9. The van der Waals surface area contributed by atoms with E-state index in [1.54, 1.807) is 6.20 Å². The standard InChI is InChI=1S/C18H21N3O3/c1-10(2)15-16(11(3)4)20-14(9-19-15)21-17(22)12-5-7-13(8-6-12)18(23)24/h5-11H,1-4H3,(H,23,24)(H,20,21,22). The van der Waals surface area contributed by atoms with Gasteiger partial charge < -0.3 is 10.4 Å². The van der Waals surface area contributed by atoms with Gasteiger partial charge in [0.2, 0.25) is 0 Å². The number of aromatic nitrogens is 2. The van der Waals surface area contributed by atoms with Crippen LogP contribution in [-0.2, 0) is 0 Å². The van der Waals surface area contributed by atoms with E-state index in [4.69, 9.17) is 5.11 Å². The van der Waals surface area contributed by atoms with Crippen LogP contribution in [0.2, 0.25) is 0 Å². The first-order chi connectivity index (χ1) is 11.3. The number of carboxylic acids is 1. The van der Waals surface area contributed by atoms with Crippen molar-refractivity contribution in [2.45, 2.75) is 39.5 Å². The maximum absolute atomic E-state index is 12.3. The smallest absolute Gasteiger partial charge is 0.335 e. The lowest BCUT2D eigenvalue weighted by molar-refractivity contribution is 0.0696. The maximum Gasteiger partial charge on any atom is 0.335 e. The highest BCUT2D eigenvalue weighted by Crippen LogP contribution is 2.23. The van der Waals surface area contributed by atoms with Gasteiger partial charge in [0, 0.05) is 5.56 Å². The minimum Gasteiger partial charge on any atom is -0.478 e. The number of amides is 1. The summed E-state index contributed by atoms with van der Waals surface area (Å²) in [6, 6.07) is 5.73.